The number of aromatic nitrogens is 2. The molecule has 0 atom stereocenters. The van der Waals surface area contributed by atoms with Crippen molar-refractivity contribution in [3.8, 4) is 11.3 Å². The van der Waals surface area contributed by atoms with E-state index in [0.717, 1.165) is 57.7 Å². The Bertz CT molecular complexity index is 1180. The van der Waals surface area contributed by atoms with Gasteiger partial charge in [-0.2, -0.15) is 0 Å². The Labute approximate surface area is 204 Å². The first kappa shape index (κ1) is 23.0. The van der Waals surface area contributed by atoms with Crippen molar-refractivity contribution in [3.63, 3.8) is 0 Å². The van der Waals surface area contributed by atoms with E-state index < -0.39 is 0 Å². The molecule has 2 saturated heterocycles. The van der Waals surface area contributed by atoms with Crippen LogP contribution in [0.3, 0.4) is 0 Å². The van der Waals surface area contributed by atoms with Gasteiger partial charge in [0, 0.05) is 50.2 Å². The Balaban J connectivity index is 1.13. The second-order valence-corrected chi connectivity index (χ2v) is 9.08. The molecule has 2 fully saturated rings. The summed E-state index contributed by atoms with van der Waals surface area (Å²) in [6.07, 6.45) is 6.94. The number of pyridine rings is 2. The summed E-state index contributed by atoms with van der Waals surface area (Å²) in [6.45, 7) is 3.20. The molecule has 2 amide bonds. The van der Waals surface area contributed by atoms with Crippen LogP contribution in [0.2, 0.25) is 0 Å². The van der Waals surface area contributed by atoms with Crippen molar-refractivity contribution >= 4 is 17.6 Å². The fraction of sp³-hybridized carbons (Fsp3) is 0.333. The maximum absolute atomic E-state index is 13.4. The number of likely N-dealkylation sites (tertiary alicyclic amines) is 1. The Morgan fingerprint density at radius 2 is 1.63 bits per heavy atom. The molecule has 2 aliphatic heterocycles. The molecule has 180 valence electrons. The van der Waals surface area contributed by atoms with Crippen LogP contribution in [0, 0.1) is 5.82 Å². The molecule has 0 unspecified atom stereocenters. The van der Waals surface area contributed by atoms with E-state index in [2.05, 4.69) is 20.2 Å². The van der Waals surface area contributed by atoms with Crippen LogP contribution in [-0.2, 0) is 0 Å². The van der Waals surface area contributed by atoms with Crippen LogP contribution in [0.25, 0.3) is 11.3 Å². The number of anilines is 1. The van der Waals surface area contributed by atoms with Crippen LogP contribution in [0.4, 0.5) is 10.2 Å². The molecule has 3 aromatic rings. The molecule has 0 spiro atoms. The third-order valence-corrected chi connectivity index (χ3v) is 6.69. The van der Waals surface area contributed by atoms with Gasteiger partial charge in [0.2, 0.25) is 0 Å². The summed E-state index contributed by atoms with van der Waals surface area (Å²) in [5, 5.41) is 3.09. The monoisotopic (exact) mass is 473 g/mol. The first-order valence-corrected chi connectivity index (χ1v) is 12.1. The highest BCUT2D eigenvalue weighted by molar-refractivity contribution is 5.95. The second kappa shape index (κ2) is 10.2. The van der Waals surface area contributed by atoms with Gasteiger partial charge in [0.25, 0.3) is 11.8 Å². The molecule has 2 aliphatic rings. The van der Waals surface area contributed by atoms with Gasteiger partial charge in [-0.25, -0.2) is 9.37 Å². The minimum atomic E-state index is -0.320. The number of rotatable bonds is 5. The molecule has 2 aromatic heterocycles. The number of halogens is 1. The van der Waals surface area contributed by atoms with Gasteiger partial charge in [-0.05, 0) is 62.1 Å². The van der Waals surface area contributed by atoms with Gasteiger partial charge in [-0.15, -0.1) is 0 Å². The molecular formula is C27H28FN5O2. The van der Waals surface area contributed by atoms with E-state index >= 15 is 0 Å². The zero-order valence-corrected chi connectivity index (χ0v) is 19.5. The lowest BCUT2D eigenvalue weighted by Crippen LogP contribution is -2.45. The summed E-state index contributed by atoms with van der Waals surface area (Å²) >= 11 is 0. The van der Waals surface area contributed by atoms with Gasteiger partial charge in [-0.1, -0.05) is 12.1 Å². The van der Waals surface area contributed by atoms with E-state index in [9.17, 15) is 14.0 Å². The summed E-state index contributed by atoms with van der Waals surface area (Å²) in [5.74, 6) is 0.426. The van der Waals surface area contributed by atoms with Gasteiger partial charge in [-0.3, -0.25) is 14.6 Å². The maximum atomic E-state index is 13.4. The molecule has 0 saturated carbocycles. The highest BCUT2D eigenvalue weighted by Gasteiger charge is 2.23. The molecular weight excluding hydrogens is 445 g/mol. The van der Waals surface area contributed by atoms with Gasteiger partial charge < -0.3 is 15.1 Å². The summed E-state index contributed by atoms with van der Waals surface area (Å²) in [7, 11) is 0. The van der Waals surface area contributed by atoms with Crippen molar-refractivity contribution in [3.05, 3.63) is 77.9 Å². The minimum Gasteiger partial charge on any atom is -0.356 e. The van der Waals surface area contributed by atoms with E-state index in [0.29, 0.717) is 22.4 Å². The molecule has 1 N–H and O–H groups in total. The van der Waals surface area contributed by atoms with Crippen molar-refractivity contribution in [1.29, 1.82) is 0 Å². The van der Waals surface area contributed by atoms with Crippen molar-refractivity contribution in [2.24, 2.45) is 0 Å². The first-order chi connectivity index (χ1) is 17.1. The van der Waals surface area contributed by atoms with Crippen molar-refractivity contribution in [1.82, 2.24) is 20.2 Å². The Kier molecular flexibility index (Phi) is 6.70. The normalized spacial score (nSPS) is 16.4. The number of nitrogens with one attached hydrogen (secondary N) is 1. The third kappa shape index (κ3) is 5.31. The molecule has 0 bridgehead atoms. The van der Waals surface area contributed by atoms with Gasteiger partial charge in [0.15, 0.2) is 0 Å². The molecule has 4 heterocycles. The lowest BCUT2D eigenvalue weighted by atomic mass is 10.0. The lowest BCUT2D eigenvalue weighted by molar-refractivity contribution is 0.0792. The Hall–Kier alpha value is -3.81. The van der Waals surface area contributed by atoms with Crippen molar-refractivity contribution < 1.29 is 14.0 Å². The average Bonchev–Trinajstić information content (AvgIpc) is 3.44. The summed E-state index contributed by atoms with van der Waals surface area (Å²) in [6, 6.07) is 13.5. The van der Waals surface area contributed by atoms with Crippen molar-refractivity contribution in [2.45, 2.75) is 31.7 Å². The zero-order valence-electron chi connectivity index (χ0n) is 19.5. The van der Waals surface area contributed by atoms with Crippen molar-refractivity contribution in [2.75, 3.05) is 31.1 Å². The molecule has 35 heavy (non-hydrogen) atoms. The zero-order chi connectivity index (χ0) is 24.2. The van der Waals surface area contributed by atoms with E-state index in [1.807, 2.05) is 17.0 Å². The van der Waals surface area contributed by atoms with Gasteiger partial charge >= 0.3 is 0 Å². The highest BCUT2D eigenvalue weighted by atomic mass is 19.1. The quantitative estimate of drug-likeness (QED) is 0.608. The number of benzene rings is 1. The standard InChI is InChI=1S/C27H28FN5O2/c28-22-5-3-4-19(16-22)24-8-6-20(17-29-24)26(34)31-23-10-14-32(15-11-23)25-9-7-21(18-30-25)27(35)33-12-1-2-13-33/h3-9,16-18,23H,1-2,10-15H2,(H,31,34). The first-order valence-electron chi connectivity index (χ1n) is 12.1. The average molecular weight is 474 g/mol. The predicted octanol–water partition coefficient (Wildman–Crippen LogP) is 3.92. The second-order valence-electron chi connectivity index (χ2n) is 9.08. The Morgan fingerprint density at radius 3 is 2.29 bits per heavy atom. The predicted molar refractivity (Wildman–Crippen MR) is 132 cm³/mol. The van der Waals surface area contributed by atoms with E-state index in [4.69, 9.17) is 0 Å². The summed E-state index contributed by atoms with van der Waals surface area (Å²) in [4.78, 5) is 38.1. The van der Waals surface area contributed by atoms with Crippen LogP contribution >= 0.6 is 0 Å². The van der Waals surface area contributed by atoms with Gasteiger partial charge in [0.1, 0.15) is 11.6 Å². The lowest BCUT2D eigenvalue weighted by Gasteiger charge is -2.33. The minimum absolute atomic E-state index is 0.0569. The fourth-order valence-electron chi connectivity index (χ4n) is 4.67. The number of carbonyl (C=O) groups is 2. The largest absolute Gasteiger partial charge is 0.356 e. The molecule has 0 aliphatic carbocycles. The van der Waals surface area contributed by atoms with Crippen LogP contribution in [-0.4, -0.2) is 58.9 Å². The van der Waals surface area contributed by atoms with Crippen LogP contribution < -0.4 is 10.2 Å². The summed E-state index contributed by atoms with van der Waals surface area (Å²) < 4.78 is 13.4. The van der Waals surface area contributed by atoms with E-state index in [-0.39, 0.29) is 23.7 Å². The highest BCUT2D eigenvalue weighted by Crippen LogP contribution is 2.21. The van der Waals surface area contributed by atoms with Crippen LogP contribution in [0.15, 0.2) is 60.9 Å². The molecule has 0 radical (unpaired) electrons. The van der Waals surface area contributed by atoms with Crippen LogP contribution in [0.5, 0.6) is 0 Å². The fourth-order valence-corrected chi connectivity index (χ4v) is 4.67. The van der Waals surface area contributed by atoms with E-state index in [1.54, 1.807) is 30.5 Å². The smallest absolute Gasteiger partial charge is 0.255 e. The third-order valence-electron chi connectivity index (χ3n) is 6.69. The number of hydrogen-bond donors (Lipinski definition) is 1. The molecule has 1 aromatic carbocycles. The number of nitrogens with zero attached hydrogens (tertiary/aromatic N) is 4. The Morgan fingerprint density at radius 1 is 0.886 bits per heavy atom. The number of piperidine rings is 1. The SMILES string of the molecule is O=C(NC1CCN(c2ccc(C(=O)N3CCCC3)cn2)CC1)c1ccc(-c2cccc(F)c2)nc1. The summed E-state index contributed by atoms with van der Waals surface area (Å²) in [5.41, 5.74) is 2.41. The molecule has 5 rings (SSSR count). The number of carbonyl (C=O) groups excluding carboxylic acids is 2. The van der Waals surface area contributed by atoms with Crippen LogP contribution in [0.1, 0.15) is 46.4 Å². The topological polar surface area (TPSA) is 78.4 Å². The number of amides is 2. The molecule has 7 nitrogen and oxygen atoms in total. The maximum Gasteiger partial charge on any atom is 0.255 e. The molecule has 8 heteroatoms. The number of hydrogen-bond acceptors (Lipinski definition) is 5. The van der Waals surface area contributed by atoms with Gasteiger partial charge in [0.05, 0.1) is 16.8 Å². The van der Waals surface area contributed by atoms with E-state index in [1.165, 1.54) is 18.3 Å².